The van der Waals surface area contributed by atoms with Crippen molar-refractivity contribution in [3.63, 3.8) is 0 Å². The van der Waals surface area contributed by atoms with Crippen LogP contribution in [0.3, 0.4) is 0 Å². The summed E-state index contributed by atoms with van der Waals surface area (Å²) >= 11 is 0. The fourth-order valence-corrected chi connectivity index (χ4v) is 2.04. The third kappa shape index (κ3) is 4.07. The van der Waals surface area contributed by atoms with Gasteiger partial charge in [0.05, 0.1) is 12.2 Å². The summed E-state index contributed by atoms with van der Waals surface area (Å²) in [5, 5.41) is 15.2. The number of hydrogen-bond acceptors (Lipinski definition) is 3. The van der Waals surface area contributed by atoms with Crippen LogP contribution in [0.15, 0.2) is 48.5 Å². The van der Waals surface area contributed by atoms with Gasteiger partial charge in [0.15, 0.2) is 0 Å². The SMILES string of the molecule is CCCNc1ccccc1C(=O)Nc1cccc(CO)c1. The van der Waals surface area contributed by atoms with Crippen LogP contribution in [0, 0.1) is 0 Å². The molecule has 0 atom stereocenters. The van der Waals surface area contributed by atoms with Crippen LogP contribution >= 0.6 is 0 Å². The third-order valence-corrected chi connectivity index (χ3v) is 3.10. The molecule has 0 fully saturated rings. The van der Waals surface area contributed by atoms with Crippen molar-refractivity contribution in [1.82, 2.24) is 0 Å². The summed E-state index contributed by atoms with van der Waals surface area (Å²) in [5.74, 6) is -0.163. The molecule has 0 unspecified atom stereocenters. The molecule has 110 valence electrons. The number of aliphatic hydroxyl groups excluding tert-OH is 1. The monoisotopic (exact) mass is 284 g/mol. The summed E-state index contributed by atoms with van der Waals surface area (Å²) in [6.07, 6.45) is 0.995. The molecular weight excluding hydrogens is 264 g/mol. The van der Waals surface area contributed by atoms with Crippen LogP contribution in [-0.2, 0) is 6.61 Å². The van der Waals surface area contributed by atoms with E-state index in [1.165, 1.54) is 0 Å². The predicted octanol–water partition coefficient (Wildman–Crippen LogP) is 3.25. The topological polar surface area (TPSA) is 61.4 Å². The highest BCUT2D eigenvalue weighted by atomic mass is 16.3. The maximum absolute atomic E-state index is 12.4. The largest absolute Gasteiger partial charge is 0.392 e. The van der Waals surface area contributed by atoms with E-state index in [4.69, 9.17) is 5.11 Å². The molecule has 0 saturated heterocycles. The van der Waals surface area contributed by atoms with Gasteiger partial charge in [-0.1, -0.05) is 31.2 Å². The van der Waals surface area contributed by atoms with E-state index in [9.17, 15) is 4.79 Å². The van der Waals surface area contributed by atoms with E-state index in [1.807, 2.05) is 30.3 Å². The van der Waals surface area contributed by atoms with Gasteiger partial charge >= 0.3 is 0 Å². The maximum atomic E-state index is 12.4. The van der Waals surface area contributed by atoms with Crippen molar-refractivity contribution < 1.29 is 9.90 Å². The molecule has 0 spiro atoms. The molecule has 0 radical (unpaired) electrons. The first-order valence-corrected chi connectivity index (χ1v) is 7.08. The average molecular weight is 284 g/mol. The predicted molar refractivity (Wildman–Crippen MR) is 85.5 cm³/mol. The van der Waals surface area contributed by atoms with Gasteiger partial charge in [0, 0.05) is 17.9 Å². The minimum Gasteiger partial charge on any atom is -0.392 e. The molecule has 4 nitrogen and oxygen atoms in total. The summed E-state index contributed by atoms with van der Waals surface area (Å²) in [6.45, 7) is 2.86. The number of anilines is 2. The normalized spacial score (nSPS) is 10.2. The van der Waals surface area contributed by atoms with Crippen molar-refractivity contribution in [3.8, 4) is 0 Å². The number of benzene rings is 2. The van der Waals surface area contributed by atoms with Crippen molar-refractivity contribution in [2.45, 2.75) is 20.0 Å². The summed E-state index contributed by atoms with van der Waals surface area (Å²) < 4.78 is 0. The van der Waals surface area contributed by atoms with Gasteiger partial charge in [-0.25, -0.2) is 0 Å². The van der Waals surface area contributed by atoms with Gasteiger partial charge in [-0.15, -0.1) is 0 Å². The Morgan fingerprint density at radius 3 is 2.71 bits per heavy atom. The van der Waals surface area contributed by atoms with Crippen LogP contribution in [0.5, 0.6) is 0 Å². The second-order valence-corrected chi connectivity index (χ2v) is 4.78. The molecule has 1 amide bonds. The lowest BCUT2D eigenvalue weighted by Crippen LogP contribution is -2.15. The molecule has 0 aliphatic heterocycles. The lowest BCUT2D eigenvalue weighted by atomic mass is 10.1. The van der Waals surface area contributed by atoms with Gasteiger partial charge in [-0.3, -0.25) is 4.79 Å². The van der Waals surface area contributed by atoms with Crippen LogP contribution in [0.4, 0.5) is 11.4 Å². The van der Waals surface area contributed by atoms with E-state index >= 15 is 0 Å². The van der Waals surface area contributed by atoms with Crippen LogP contribution < -0.4 is 10.6 Å². The number of aliphatic hydroxyl groups is 1. The third-order valence-electron chi connectivity index (χ3n) is 3.10. The van der Waals surface area contributed by atoms with Crippen molar-refractivity contribution >= 4 is 17.3 Å². The fourth-order valence-electron chi connectivity index (χ4n) is 2.04. The molecule has 0 aromatic heterocycles. The zero-order valence-electron chi connectivity index (χ0n) is 12.1. The smallest absolute Gasteiger partial charge is 0.257 e. The number of carbonyl (C=O) groups is 1. The van der Waals surface area contributed by atoms with Gasteiger partial charge in [-0.05, 0) is 36.2 Å². The first kappa shape index (κ1) is 15.1. The average Bonchev–Trinajstić information content (AvgIpc) is 2.53. The molecule has 2 aromatic carbocycles. The molecule has 0 bridgehead atoms. The minimum atomic E-state index is -0.163. The van der Waals surface area contributed by atoms with E-state index in [1.54, 1.807) is 18.2 Å². The summed E-state index contributed by atoms with van der Waals surface area (Å²) in [7, 11) is 0. The molecular formula is C17H20N2O2. The lowest BCUT2D eigenvalue weighted by Gasteiger charge is -2.12. The van der Waals surface area contributed by atoms with E-state index in [2.05, 4.69) is 17.6 Å². The summed E-state index contributed by atoms with van der Waals surface area (Å²) in [5.41, 5.74) is 2.89. The van der Waals surface area contributed by atoms with E-state index in [0.717, 1.165) is 24.2 Å². The van der Waals surface area contributed by atoms with Crippen LogP contribution in [0.1, 0.15) is 29.3 Å². The Morgan fingerprint density at radius 2 is 1.95 bits per heavy atom. The van der Waals surface area contributed by atoms with E-state index in [0.29, 0.717) is 11.3 Å². The van der Waals surface area contributed by atoms with Gasteiger partial charge in [0.25, 0.3) is 5.91 Å². The molecule has 2 rings (SSSR count). The van der Waals surface area contributed by atoms with Crippen molar-refractivity contribution in [3.05, 3.63) is 59.7 Å². The second-order valence-electron chi connectivity index (χ2n) is 4.78. The lowest BCUT2D eigenvalue weighted by molar-refractivity contribution is 0.102. The zero-order valence-corrected chi connectivity index (χ0v) is 12.1. The highest BCUT2D eigenvalue weighted by Crippen LogP contribution is 2.18. The Balaban J connectivity index is 2.16. The molecule has 0 heterocycles. The Hall–Kier alpha value is -2.33. The number of para-hydroxylation sites is 1. The van der Waals surface area contributed by atoms with Crippen LogP contribution in [0.2, 0.25) is 0 Å². The number of amides is 1. The summed E-state index contributed by atoms with van der Waals surface area (Å²) in [6, 6.07) is 14.6. The number of rotatable bonds is 6. The molecule has 3 N–H and O–H groups in total. The highest BCUT2D eigenvalue weighted by molar-refractivity contribution is 6.08. The Kier molecular flexibility index (Phi) is 5.35. The fraction of sp³-hybridized carbons (Fsp3) is 0.235. The second kappa shape index (κ2) is 7.45. The first-order valence-electron chi connectivity index (χ1n) is 7.08. The summed E-state index contributed by atoms with van der Waals surface area (Å²) in [4.78, 5) is 12.4. The Morgan fingerprint density at radius 1 is 1.14 bits per heavy atom. The van der Waals surface area contributed by atoms with E-state index < -0.39 is 0 Å². The highest BCUT2D eigenvalue weighted by Gasteiger charge is 2.10. The Bertz CT molecular complexity index is 611. The van der Waals surface area contributed by atoms with Gasteiger partial charge in [0.1, 0.15) is 0 Å². The number of carbonyl (C=O) groups excluding carboxylic acids is 1. The molecule has 2 aromatic rings. The van der Waals surface area contributed by atoms with Crippen molar-refractivity contribution in [2.24, 2.45) is 0 Å². The maximum Gasteiger partial charge on any atom is 0.257 e. The van der Waals surface area contributed by atoms with E-state index in [-0.39, 0.29) is 12.5 Å². The minimum absolute atomic E-state index is 0.0433. The molecule has 21 heavy (non-hydrogen) atoms. The van der Waals surface area contributed by atoms with Crippen molar-refractivity contribution in [2.75, 3.05) is 17.2 Å². The Labute approximate surface area is 124 Å². The van der Waals surface area contributed by atoms with Gasteiger partial charge in [-0.2, -0.15) is 0 Å². The van der Waals surface area contributed by atoms with Crippen LogP contribution in [0.25, 0.3) is 0 Å². The van der Waals surface area contributed by atoms with Gasteiger partial charge in [0.2, 0.25) is 0 Å². The number of hydrogen-bond donors (Lipinski definition) is 3. The standard InChI is InChI=1S/C17H20N2O2/c1-2-10-18-16-9-4-3-8-15(16)17(21)19-14-7-5-6-13(11-14)12-20/h3-9,11,18,20H,2,10,12H2,1H3,(H,19,21). The van der Waals surface area contributed by atoms with Crippen LogP contribution in [-0.4, -0.2) is 17.6 Å². The molecule has 0 saturated carbocycles. The number of nitrogens with one attached hydrogen (secondary N) is 2. The van der Waals surface area contributed by atoms with Crippen molar-refractivity contribution in [1.29, 1.82) is 0 Å². The molecule has 0 aliphatic rings. The van der Waals surface area contributed by atoms with Gasteiger partial charge < -0.3 is 15.7 Å². The zero-order chi connectivity index (χ0) is 15.1. The molecule has 0 aliphatic carbocycles. The first-order chi connectivity index (χ1) is 10.2. The quantitative estimate of drug-likeness (QED) is 0.763. The molecule has 4 heteroatoms.